The molecule has 33 heavy (non-hydrogen) atoms. The topological polar surface area (TPSA) is 130 Å². The highest BCUT2D eigenvalue weighted by atomic mass is 16.5. The van der Waals surface area contributed by atoms with Crippen molar-refractivity contribution in [3.63, 3.8) is 0 Å². The molecule has 1 N–H and O–H groups in total. The molecule has 3 aromatic rings. The number of para-hydroxylation sites is 1. The Hall–Kier alpha value is -4.34. The van der Waals surface area contributed by atoms with Crippen molar-refractivity contribution in [2.75, 3.05) is 25.6 Å². The number of aryl methyl sites for hydroxylation is 1. The van der Waals surface area contributed by atoms with Crippen LogP contribution in [-0.4, -0.2) is 36.8 Å². The summed E-state index contributed by atoms with van der Waals surface area (Å²) >= 11 is 0. The second kappa shape index (κ2) is 10.3. The number of nitrogens with one attached hydrogen (secondary N) is 1. The molecule has 2 heterocycles. The van der Waals surface area contributed by atoms with E-state index in [0.29, 0.717) is 29.7 Å². The summed E-state index contributed by atoms with van der Waals surface area (Å²) in [5, 5.41) is 21.8. The fourth-order valence-electron chi connectivity index (χ4n) is 3.43. The summed E-state index contributed by atoms with van der Waals surface area (Å²) in [5.41, 5.74) is 2.94. The number of ether oxygens (including phenoxy) is 2. The van der Waals surface area contributed by atoms with Crippen LogP contribution >= 0.6 is 0 Å². The van der Waals surface area contributed by atoms with Crippen LogP contribution in [0, 0.1) is 36.5 Å². The normalized spacial score (nSPS) is 11.1. The zero-order chi connectivity index (χ0) is 24.0. The van der Waals surface area contributed by atoms with Gasteiger partial charge >= 0.3 is 5.97 Å². The number of furan rings is 1. The Morgan fingerprint density at radius 2 is 2.00 bits per heavy atom. The highest BCUT2D eigenvalue weighted by Gasteiger charge is 2.19. The lowest BCUT2D eigenvalue weighted by Gasteiger charge is -2.08. The average molecular weight is 446 g/mol. The first-order chi connectivity index (χ1) is 15.9. The van der Waals surface area contributed by atoms with Gasteiger partial charge in [0.15, 0.2) is 6.61 Å². The van der Waals surface area contributed by atoms with Crippen LogP contribution in [0.3, 0.4) is 0 Å². The molecule has 0 aliphatic heterocycles. The quantitative estimate of drug-likeness (QED) is 0.318. The SMILES string of the molecule is COCCn1c(C)cc(/C=C(\C#N)C(=O)OCC(=O)Nc2c(C#N)oc3ccccc23)c1C. The molecule has 0 bridgehead atoms. The molecule has 0 atom stereocenters. The van der Waals surface area contributed by atoms with Crippen LogP contribution in [-0.2, 0) is 25.6 Å². The molecule has 0 saturated heterocycles. The smallest absolute Gasteiger partial charge is 0.349 e. The third-order valence-corrected chi connectivity index (χ3v) is 5.07. The predicted octanol–water partition coefficient (Wildman–Crippen LogP) is 3.46. The lowest BCUT2D eigenvalue weighted by molar-refractivity contribution is -0.142. The summed E-state index contributed by atoms with van der Waals surface area (Å²) in [6.07, 6.45) is 1.43. The van der Waals surface area contributed by atoms with Gasteiger partial charge in [-0.15, -0.1) is 0 Å². The zero-order valence-corrected chi connectivity index (χ0v) is 18.5. The van der Waals surface area contributed by atoms with Gasteiger partial charge in [0, 0.05) is 30.4 Å². The number of benzene rings is 1. The highest BCUT2D eigenvalue weighted by molar-refractivity contribution is 6.04. The van der Waals surface area contributed by atoms with Gasteiger partial charge in [0.25, 0.3) is 5.91 Å². The predicted molar refractivity (Wildman–Crippen MR) is 120 cm³/mol. The van der Waals surface area contributed by atoms with Crippen molar-refractivity contribution >= 4 is 34.6 Å². The van der Waals surface area contributed by atoms with Crippen LogP contribution in [0.5, 0.6) is 0 Å². The van der Waals surface area contributed by atoms with Crippen LogP contribution in [0.15, 0.2) is 40.3 Å². The number of carbonyl (C=O) groups is 2. The van der Waals surface area contributed by atoms with Gasteiger partial charge in [-0.25, -0.2) is 4.79 Å². The fraction of sp³-hybridized carbons (Fsp3) is 0.250. The van der Waals surface area contributed by atoms with Crippen LogP contribution in [0.1, 0.15) is 22.7 Å². The molecule has 0 aliphatic carbocycles. The van der Waals surface area contributed by atoms with E-state index in [9.17, 15) is 20.1 Å². The second-order valence-corrected chi connectivity index (χ2v) is 7.18. The van der Waals surface area contributed by atoms with Gasteiger partial charge in [-0.1, -0.05) is 12.1 Å². The first kappa shape index (κ1) is 23.3. The average Bonchev–Trinajstić information content (AvgIpc) is 3.30. The summed E-state index contributed by atoms with van der Waals surface area (Å²) in [6, 6.07) is 12.4. The Kier molecular flexibility index (Phi) is 7.29. The first-order valence-corrected chi connectivity index (χ1v) is 10.1. The Labute approximate surface area is 190 Å². The van der Waals surface area contributed by atoms with E-state index >= 15 is 0 Å². The number of amides is 1. The molecule has 0 saturated carbocycles. The highest BCUT2D eigenvalue weighted by Crippen LogP contribution is 2.30. The van der Waals surface area contributed by atoms with Gasteiger partial charge in [0.2, 0.25) is 5.76 Å². The van der Waals surface area contributed by atoms with E-state index < -0.39 is 18.5 Å². The molecule has 0 fully saturated rings. The number of carbonyl (C=O) groups excluding carboxylic acids is 2. The summed E-state index contributed by atoms with van der Waals surface area (Å²) in [7, 11) is 1.62. The number of methoxy groups -OCH3 is 1. The minimum atomic E-state index is -0.924. The fourth-order valence-corrected chi connectivity index (χ4v) is 3.43. The monoisotopic (exact) mass is 446 g/mol. The van der Waals surface area contributed by atoms with Gasteiger partial charge < -0.3 is 23.8 Å². The molecular formula is C24H22N4O5. The first-order valence-electron chi connectivity index (χ1n) is 10.1. The van der Waals surface area contributed by atoms with Gasteiger partial charge in [0.1, 0.15) is 29.0 Å². The Bertz CT molecular complexity index is 1320. The number of fused-ring (bicyclic) bond motifs is 1. The van der Waals surface area contributed by atoms with E-state index in [2.05, 4.69) is 5.32 Å². The summed E-state index contributed by atoms with van der Waals surface area (Å²) in [4.78, 5) is 24.7. The van der Waals surface area contributed by atoms with Crippen LogP contribution in [0.25, 0.3) is 17.0 Å². The van der Waals surface area contributed by atoms with Crippen LogP contribution < -0.4 is 5.32 Å². The van der Waals surface area contributed by atoms with Crippen LogP contribution in [0.4, 0.5) is 5.69 Å². The van der Waals surface area contributed by atoms with E-state index in [-0.39, 0.29) is 17.0 Å². The maximum absolute atomic E-state index is 12.4. The number of nitrogens with zero attached hydrogens (tertiary/aromatic N) is 3. The van der Waals surface area contributed by atoms with Gasteiger partial charge in [0.05, 0.1) is 6.61 Å². The number of anilines is 1. The number of aromatic nitrogens is 1. The number of nitriles is 2. The van der Waals surface area contributed by atoms with E-state index in [4.69, 9.17) is 13.9 Å². The van der Waals surface area contributed by atoms with Gasteiger partial charge in [-0.05, 0) is 43.7 Å². The molecule has 0 spiro atoms. The van der Waals surface area contributed by atoms with E-state index in [0.717, 1.165) is 11.4 Å². The van der Waals surface area contributed by atoms with Crippen molar-refractivity contribution in [1.82, 2.24) is 4.57 Å². The maximum Gasteiger partial charge on any atom is 0.349 e. The molecule has 9 heteroatoms. The minimum absolute atomic E-state index is 0.0580. The van der Waals surface area contributed by atoms with Crippen LogP contribution in [0.2, 0.25) is 0 Å². The number of rotatable bonds is 8. The van der Waals surface area contributed by atoms with Crippen molar-refractivity contribution in [1.29, 1.82) is 10.5 Å². The maximum atomic E-state index is 12.4. The van der Waals surface area contributed by atoms with E-state index in [1.165, 1.54) is 6.08 Å². The molecule has 9 nitrogen and oxygen atoms in total. The molecule has 1 amide bonds. The second-order valence-electron chi connectivity index (χ2n) is 7.18. The van der Waals surface area contributed by atoms with Crippen molar-refractivity contribution in [2.24, 2.45) is 0 Å². The third kappa shape index (κ3) is 5.12. The summed E-state index contributed by atoms with van der Waals surface area (Å²) in [5.74, 6) is -1.65. The van der Waals surface area contributed by atoms with E-state index in [1.807, 2.05) is 36.6 Å². The molecule has 0 aliphatic rings. The Morgan fingerprint density at radius 1 is 1.24 bits per heavy atom. The lowest BCUT2D eigenvalue weighted by atomic mass is 10.1. The zero-order valence-electron chi connectivity index (χ0n) is 18.5. The summed E-state index contributed by atoms with van der Waals surface area (Å²) < 4.78 is 17.6. The summed E-state index contributed by atoms with van der Waals surface area (Å²) in [6.45, 7) is 4.34. The number of hydrogen-bond donors (Lipinski definition) is 1. The number of esters is 1. The minimum Gasteiger partial charge on any atom is -0.451 e. The Morgan fingerprint density at radius 3 is 2.70 bits per heavy atom. The molecular weight excluding hydrogens is 424 g/mol. The van der Waals surface area contributed by atoms with Crippen molar-refractivity contribution in [3.8, 4) is 12.1 Å². The third-order valence-electron chi connectivity index (χ3n) is 5.07. The molecule has 0 unspecified atom stereocenters. The van der Waals surface area contributed by atoms with Gasteiger partial charge in [-0.3, -0.25) is 4.79 Å². The molecule has 0 radical (unpaired) electrons. The molecule has 2 aromatic heterocycles. The van der Waals surface area contributed by atoms with Crippen molar-refractivity contribution in [2.45, 2.75) is 20.4 Å². The van der Waals surface area contributed by atoms with Crippen molar-refractivity contribution in [3.05, 3.63) is 58.6 Å². The molecule has 3 rings (SSSR count). The molecule has 1 aromatic carbocycles. The van der Waals surface area contributed by atoms with Crippen molar-refractivity contribution < 1.29 is 23.5 Å². The van der Waals surface area contributed by atoms with Gasteiger partial charge in [-0.2, -0.15) is 10.5 Å². The number of hydrogen-bond acceptors (Lipinski definition) is 7. The molecule has 168 valence electrons. The largest absolute Gasteiger partial charge is 0.451 e. The lowest BCUT2D eigenvalue weighted by Crippen LogP contribution is -2.21. The standard InChI is InChI=1S/C24H22N4O5/c1-15-10-17(16(2)28(15)8-9-31-3)11-18(12-25)24(30)32-14-22(29)27-23-19-6-4-5-7-20(19)33-21(23)13-26/h4-7,10-11H,8-9,14H2,1-3H3,(H,27,29)/b18-11+. The van der Waals surface area contributed by atoms with E-state index in [1.54, 1.807) is 31.4 Å². The Balaban J connectivity index is 1.69.